The molecule has 0 bridgehead atoms. The molecule has 72 valence electrons. The summed E-state index contributed by atoms with van der Waals surface area (Å²) in [6.45, 7) is 2.57. The monoisotopic (exact) mass is 181 g/mol. The Balaban J connectivity index is 2.79. The Bertz CT molecular complexity index is 271. The van der Waals surface area contributed by atoms with Crippen LogP contribution in [0.3, 0.4) is 0 Å². The van der Waals surface area contributed by atoms with Crippen LogP contribution in [0.15, 0.2) is 18.2 Å². The van der Waals surface area contributed by atoms with Crippen molar-refractivity contribution in [3.8, 4) is 0 Å². The molecule has 0 atom stereocenters. The van der Waals surface area contributed by atoms with E-state index in [2.05, 4.69) is 6.92 Å². The lowest BCUT2D eigenvalue weighted by atomic mass is 10.0. The third-order valence-corrected chi connectivity index (χ3v) is 2.19. The highest BCUT2D eigenvalue weighted by Crippen LogP contribution is 2.13. The average Bonchev–Trinajstić information content (AvgIpc) is 2.16. The fourth-order valence-corrected chi connectivity index (χ4v) is 1.40. The Labute approximate surface area is 78.8 Å². The van der Waals surface area contributed by atoms with Crippen LogP contribution in [0.2, 0.25) is 0 Å². The van der Waals surface area contributed by atoms with E-state index in [1.165, 1.54) is 17.7 Å². The number of rotatable bonds is 4. The summed E-state index contributed by atoms with van der Waals surface area (Å²) in [5.74, 6) is -0.194. The van der Waals surface area contributed by atoms with E-state index in [4.69, 9.17) is 5.73 Å². The lowest BCUT2D eigenvalue weighted by molar-refractivity contribution is 0.623. The number of hydrogen-bond donors (Lipinski definition) is 1. The van der Waals surface area contributed by atoms with Crippen LogP contribution in [0.25, 0.3) is 0 Å². The van der Waals surface area contributed by atoms with Crippen molar-refractivity contribution < 1.29 is 4.39 Å². The molecule has 0 aliphatic heterocycles. The van der Waals surface area contributed by atoms with E-state index < -0.39 is 0 Å². The molecule has 0 amide bonds. The highest BCUT2D eigenvalue weighted by atomic mass is 19.1. The van der Waals surface area contributed by atoms with Crippen molar-refractivity contribution in [2.24, 2.45) is 5.73 Å². The first-order chi connectivity index (χ1) is 6.27. The first kappa shape index (κ1) is 10.2. The second kappa shape index (κ2) is 4.97. The van der Waals surface area contributed by atoms with Crippen molar-refractivity contribution in [3.63, 3.8) is 0 Å². The van der Waals surface area contributed by atoms with Crippen molar-refractivity contribution in [2.45, 2.75) is 32.7 Å². The molecule has 0 saturated carbocycles. The molecule has 2 N–H and O–H groups in total. The predicted molar refractivity (Wildman–Crippen MR) is 52.9 cm³/mol. The number of halogens is 1. The van der Waals surface area contributed by atoms with Crippen LogP contribution in [0, 0.1) is 5.82 Å². The maximum atomic E-state index is 12.8. The summed E-state index contributed by atoms with van der Waals surface area (Å²) in [5, 5.41) is 0. The molecule has 0 aliphatic rings. The Morgan fingerprint density at radius 2 is 2.08 bits per heavy atom. The third-order valence-electron chi connectivity index (χ3n) is 2.19. The van der Waals surface area contributed by atoms with Crippen LogP contribution >= 0.6 is 0 Å². The molecule has 0 fully saturated rings. The largest absolute Gasteiger partial charge is 0.326 e. The summed E-state index contributed by atoms with van der Waals surface area (Å²) in [6, 6.07) is 4.88. The molecule has 1 rings (SSSR count). The van der Waals surface area contributed by atoms with Gasteiger partial charge in [-0.05, 0) is 36.1 Å². The van der Waals surface area contributed by atoms with Crippen LogP contribution in [0.4, 0.5) is 4.39 Å². The fraction of sp³-hybridized carbons (Fsp3) is 0.455. The van der Waals surface area contributed by atoms with Crippen molar-refractivity contribution in [2.75, 3.05) is 0 Å². The SMILES string of the molecule is CCCCc1ccc(F)cc1CN. The van der Waals surface area contributed by atoms with Gasteiger partial charge >= 0.3 is 0 Å². The van der Waals surface area contributed by atoms with Gasteiger partial charge in [0, 0.05) is 6.54 Å². The van der Waals surface area contributed by atoms with Gasteiger partial charge in [-0.25, -0.2) is 4.39 Å². The van der Waals surface area contributed by atoms with E-state index >= 15 is 0 Å². The second-order valence-corrected chi connectivity index (χ2v) is 3.22. The lowest BCUT2D eigenvalue weighted by Crippen LogP contribution is -2.02. The standard InChI is InChI=1S/C11H16FN/c1-2-3-4-9-5-6-11(12)7-10(9)8-13/h5-7H,2-4,8,13H2,1H3. The van der Waals surface area contributed by atoms with Gasteiger partial charge in [0.05, 0.1) is 0 Å². The molecule has 1 aromatic rings. The zero-order valence-electron chi connectivity index (χ0n) is 8.02. The Hall–Kier alpha value is -0.890. The summed E-state index contributed by atoms with van der Waals surface area (Å²) in [4.78, 5) is 0. The van der Waals surface area contributed by atoms with Crippen LogP contribution in [-0.2, 0) is 13.0 Å². The second-order valence-electron chi connectivity index (χ2n) is 3.22. The Morgan fingerprint density at radius 1 is 1.31 bits per heavy atom. The smallest absolute Gasteiger partial charge is 0.123 e. The minimum Gasteiger partial charge on any atom is -0.326 e. The molecule has 0 spiro atoms. The van der Waals surface area contributed by atoms with Crippen molar-refractivity contribution >= 4 is 0 Å². The summed E-state index contributed by atoms with van der Waals surface area (Å²) in [5.41, 5.74) is 7.65. The van der Waals surface area contributed by atoms with Crippen LogP contribution in [0.1, 0.15) is 30.9 Å². The van der Waals surface area contributed by atoms with Gasteiger partial charge in [0.2, 0.25) is 0 Å². The maximum Gasteiger partial charge on any atom is 0.123 e. The minimum atomic E-state index is -0.194. The Kier molecular flexibility index (Phi) is 3.90. The van der Waals surface area contributed by atoms with E-state index in [-0.39, 0.29) is 5.82 Å². The maximum absolute atomic E-state index is 12.8. The lowest BCUT2D eigenvalue weighted by Gasteiger charge is -2.06. The van der Waals surface area contributed by atoms with Crippen molar-refractivity contribution in [1.82, 2.24) is 0 Å². The molecule has 0 radical (unpaired) electrons. The van der Waals surface area contributed by atoms with Gasteiger partial charge in [0.25, 0.3) is 0 Å². The van der Waals surface area contributed by atoms with Gasteiger partial charge in [-0.15, -0.1) is 0 Å². The summed E-state index contributed by atoms with van der Waals surface area (Å²) < 4.78 is 12.8. The molecule has 1 nitrogen and oxygen atoms in total. The zero-order valence-corrected chi connectivity index (χ0v) is 8.02. The molecule has 2 heteroatoms. The zero-order chi connectivity index (χ0) is 9.68. The summed E-state index contributed by atoms with van der Waals surface area (Å²) in [6.07, 6.45) is 3.29. The highest BCUT2D eigenvalue weighted by molar-refractivity contribution is 5.27. The van der Waals surface area contributed by atoms with Gasteiger partial charge in [-0.3, -0.25) is 0 Å². The summed E-state index contributed by atoms with van der Waals surface area (Å²) in [7, 11) is 0. The van der Waals surface area contributed by atoms with Gasteiger partial charge in [0.1, 0.15) is 5.82 Å². The van der Waals surface area contributed by atoms with Crippen LogP contribution < -0.4 is 5.73 Å². The number of benzene rings is 1. The fourth-order valence-electron chi connectivity index (χ4n) is 1.40. The van der Waals surface area contributed by atoms with Gasteiger partial charge in [-0.2, -0.15) is 0 Å². The minimum absolute atomic E-state index is 0.194. The Morgan fingerprint density at radius 3 is 2.69 bits per heavy atom. The first-order valence-electron chi connectivity index (χ1n) is 4.75. The molecule has 0 saturated heterocycles. The topological polar surface area (TPSA) is 26.0 Å². The number of hydrogen-bond acceptors (Lipinski definition) is 1. The number of nitrogens with two attached hydrogens (primary N) is 1. The molecular weight excluding hydrogens is 165 g/mol. The molecule has 0 heterocycles. The van der Waals surface area contributed by atoms with E-state index in [1.807, 2.05) is 6.07 Å². The number of unbranched alkanes of at least 4 members (excludes halogenated alkanes) is 1. The van der Waals surface area contributed by atoms with Crippen molar-refractivity contribution in [1.29, 1.82) is 0 Å². The van der Waals surface area contributed by atoms with Gasteiger partial charge in [0.15, 0.2) is 0 Å². The molecule has 0 aliphatic carbocycles. The summed E-state index contributed by atoms with van der Waals surface area (Å²) >= 11 is 0. The molecular formula is C11H16FN. The number of aryl methyl sites for hydroxylation is 1. The van der Waals surface area contributed by atoms with E-state index in [9.17, 15) is 4.39 Å². The van der Waals surface area contributed by atoms with E-state index in [0.717, 1.165) is 24.8 Å². The van der Waals surface area contributed by atoms with Crippen molar-refractivity contribution in [3.05, 3.63) is 35.1 Å². The van der Waals surface area contributed by atoms with Crippen LogP contribution in [-0.4, -0.2) is 0 Å². The molecule has 13 heavy (non-hydrogen) atoms. The molecule has 0 aromatic heterocycles. The average molecular weight is 181 g/mol. The normalized spacial score (nSPS) is 10.4. The van der Waals surface area contributed by atoms with E-state index in [0.29, 0.717) is 6.54 Å². The predicted octanol–water partition coefficient (Wildman–Crippen LogP) is 2.63. The van der Waals surface area contributed by atoms with Crippen LogP contribution in [0.5, 0.6) is 0 Å². The highest BCUT2D eigenvalue weighted by Gasteiger charge is 2.01. The quantitative estimate of drug-likeness (QED) is 0.759. The van der Waals surface area contributed by atoms with Gasteiger partial charge < -0.3 is 5.73 Å². The molecule has 1 aromatic carbocycles. The third kappa shape index (κ3) is 2.81. The first-order valence-corrected chi connectivity index (χ1v) is 4.75. The molecule has 0 unspecified atom stereocenters. The van der Waals surface area contributed by atoms with E-state index in [1.54, 1.807) is 0 Å². The van der Waals surface area contributed by atoms with Gasteiger partial charge in [-0.1, -0.05) is 19.4 Å².